The molecule has 0 amide bonds. The van der Waals surface area contributed by atoms with Gasteiger partial charge in [-0.1, -0.05) is 68.5 Å². The van der Waals surface area contributed by atoms with Crippen LogP contribution in [0.1, 0.15) is 37.0 Å². The van der Waals surface area contributed by atoms with Crippen LogP contribution in [0.4, 0.5) is 0 Å². The average molecular weight is 278 g/mol. The van der Waals surface area contributed by atoms with Gasteiger partial charge in [-0.25, -0.2) is 0 Å². The van der Waals surface area contributed by atoms with Crippen LogP contribution < -0.4 is 0 Å². The lowest BCUT2D eigenvalue weighted by atomic mass is 9.82. The molecule has 0 aromatic heterocycles. The third-order valence-electron chi connectivity index (χ3n) is 4.21. The second-order valence-electron chi connectivity index (χ2n) is 5.98. The van der Waals surface area contributed by atoms with Gasteiger partial charge < -0.3 is 5.11 Å². The quantitative estimate of drug-likeness (QED) is 0.898. The Bertz CT molecular complexity index is 739. The summed E-state index contributed by atoms with van der Waals surface area (Å²) in [6.07, 6.45) is 3.63. The average Bonchev–Trinajstić information content (AvgIpc) is 2.68. The Morgan fingerprint density at radius 3 is 2.57 bits per heavy atom. The zero-order valence-electron chi connectivity index (χ0n) is 12.3. The van der Waals surface area contributed by atoms with Crippen LogP contribution in [0.2, 0.25) is 0 Å². The standard InChI is InChI=1S/C19H18O2/c1-19(2)16-8-4-3-7-14(16)15-11-10-13(12-17(15)19)6-5-9-18(20)21/h3-8,10-12H,9H2,1-2H3,(H,20,21). The number of hydrogen-bond donors (Lipinski definition) is 1. The monoisotopic (exact) mass is 278 g/mol. The van der Waals surface area contributed by atoms with Crippen molar-refractivity contribution in [1.29, 1.82) is 0 Å². The van der Waals surface area contributed by atoms with E-state index in [-0.39, 0.29) is 11.8 Å². The molecule has 3 rings (SSSR count). The number of aliphatic carboxylic acids is 1. The molecule has 0 unspecified atom stereocenters. The molecule has 2 aromatic carbocycles. The van der Waals surface area contributed by atoms with E-state index < -0.39 is 5.97 Å². The minimum absolute atomic E-state index is 0.0113. The van der Waals surface area contributed by atoms with Crippen LogP contribution >= 0.6 is 0 Å². The van der Waals surface area contributed by atoms with Gasteiger partial charge in [0, 0.05) is 5.41 Å². The predicted octanol–water partition coefficient (Wildman–Crippen LogP) is 4.48. The number of fused-ring (bicyclic) bond motifs is 3. The molecule has 0 fully saturated rings. The van der Waals surface area contributed by atoms with Gasteiger partial charge in [-0.15, -0.1) is 0 Å². The van der Waals surface area contributed by atoms with Crippen molar-refractivity contribution in [2.45, 2.75) is 25.7 Å². The molecule has 106 valence electrons. The van der Waals surface area contributed by atoms with Gasteiger partial charge in [-0.05, 0) is 27.8 Å². The Hall–Kier alpha value is -2.35. The van der Waals surface area contributed by atoms with Crippen LogP contribution in [-0.2, 0) is 10.2 Å². The molecule has 0 aliphatic heterocycles. The maximum absolute atomic E-state index is 10.6. The van der Waals surface area contributed by atoms with Crippen LogP contribution in [0.25, 0.3) is 17.2 Å². The summed E-state index contributed by atoms with van der Waals surface area (Å²) in [5.41, 5.74) is 6.29. The molecular weight excluding hydrogens is 260 g/mol. The van der Waals surface area contributed by atoms with Crippen molar-refractivity contribution in [3.05, 3.63) is 65.2 Å². The summed E-state index contributed by atoms with van der Waals surface area (Å²) in [6, 6.07) is 14.9. The number of hydrogen-bond acceptors (Lipinski definition) is 1. The maximum Gasteiger partial charge on any atom is 0.307 e. The van der Waals surface area contributed by atoms with Gasteiger partial charge in [0.25, 0.3) is 0 Å². The van der Waals surface area contributed by atoms with Crippen LogP contribution in [-0.4, -0.2) is 11.1 Å². The van der Waals surface area contributed by atoms with E-state index in [0.717, 1.165) is 5.56 Å². The molecule has 1 aliphatic carbocycles. The number of carboxylic acid groups (broad SMARTS) is 1. The molecule has 21 heavy (non-hydrogen) atoms. The van der Waals surface area contributed by atoms with E-state index in [0.29, 0.717) is 0 Å². The molecule has 0 spiro atoms. The van der Waals surface area contributed by atoms with E-state index in [1.54, 1.807) is 6.08 Å². The highest BCUT2D eigenvalue weighted by Gasteiger charge is 2.34. The second kappa shape index (κ2) is 4.88. The summed E-state index contributed by atoms with van der Waals surface area (Å²) in [7, 11) is 0. The summed E-state index contributed by atoms with van der Waals surface area (Å²) in [5.74, 6) is -0.805. The van der Waals surface area contributed by atoms with E-state index in [1.807, 2.05) is 6.08 Å². The van der Waals surface area contributed by atoms with Crippen molar-refractivity contribution >= 4 is 12.0 Å². The smallest absolute Gasteiger partial charge is 0.307 e. The van der Waals surface area contributed by atoms with E-state index in [4.69, 9.17) is 5.11 Å². The van der Waals surface area contributed by atoms with Gasteiger partial charge in [0.15, 0.2) is 0 Å². The molecule has 0 atom stereocenters. The van der Waals surface area contributed by atoms with Gasteiger partial charge >= 0.3 is 5.97 Å². The third kappa shape index (κ3) is 2.27. The minimum atomic E-state index is -0.805. The summed E-state index contributed by atoms with van der Waals surface area (Å²) in [4.78, 5) is 10.6. The lowest BCUT2D eigenvalue weighted by Crippen LogP contribution is -2.14. The highest BCUT2D eigenvalue weighted by atomic mass is 16.4. The van der Waals surface area contributed by atoms with Crippen molar-refractivity contribution in [3.63, 3.8) is 0 Å². The first kappa shape index (κ1) is 13.6. The van der Waals surface area contributed by atoms with Crippen molar-refractivity contribution in [2.24, 2.45) is 0 Å². The molecule has 0 saturated heterocycles. The Labute approximate surface area is 124 Å². The fourth-order valence-corrected chi connectivity index (χ4v) is 3.12. The topological polar surface area (TPSA) is 37.3 Å². The van der Waals surface area contributed by atoms with Gasteiger partial charge in [0.2, 0.25) is 0 Å². The van der Waals surface area contributed by atoms with Crippen LogP contribution in [0.5, 0.6) is 0 Å². The van der Waals surface area contributed by atoms with Gasteiger partial charge in [-0.2, -0.15) is 0 Å². The summed E-state index contributed by atoms with van der Waals surface area (Å²) in [6.45, 7) is 4.48. The molecular formula is C19H18O2. The first-order chi connectivity index (χ1) is 10.00. The molecule has 0 radical (unpaired) electrons. The molecule has 2 nitrogen and oxygen atoms in total. The highest BCUT2D eigenvalue weighted by molar-refractivity contribution is 5.82. The fourth-order valence-electron chi connectivity index (χ4n) is 3.12. The van der Waals surface area contributed by atoms with E-state index in [1.165, 1.54) is 22.3 Å². The van der Waals surface area contributed by atoms with Crippen molar-refractivity contribution in [3.8, 4) is 11.1 Å². The van der Waals surface area contributed by atoms with Crippen LogP contribution in [0.15, 0.2) is 48.5 Å². The molecule has 0 heterocycles. The van der Waals surface area contributed by atoms with Gasteiger partial charge in [-0.3, -0.25) is 4.79 Å². The van der Waals surface area contributed by atoms with Crippen LogP contribution in [0, 0.1) is 0 Å². The zero-order valence-corrected chi connectivity index (χ0v) is 12.3. The number of carbonyl (C=O) groups is 1. The Balaban J connectivity index is 2.03. The van der Waals surface area contributed by atoms with Gasteiger partial charge in [0.05, 0.1) is 6.42 Å². The molecule has 0 saturated carbocycles. The Morgan fingerprint density at radius 1 is 1.10 bits per heavy atom. The largest absolute Gasteiger partial charge is 0.481 e. The van der Waals surface area contributed by atoms with E-state index >= 15 is 0 Å². The first-order valence-electron chi connectivity index (χ1n) is 7.13. The summed E-state index contributed by atoms with van der Waals surface area (Å²) >= 11 is 0. The highest BCUT2D eigenvalue weighted by Crippen LogP contribution is 2.48. The number of rotatable bonds is 3. The number of benzene rings is 2. The minimum Gasteiger partial charge on any atom is -0.481 e. The molecule has 1 aliphatic rings. The molecule has 0 bridgehead atoms. The summed E-state index contributed by atoms with van der Waals surface area (Å²) in [5, 5.41) is 8.70. The second-order valence-corrected chi connectivity index (χ2v) is 5.98. The molecule has 2 heteroatoms. The normalized spacial score (nSPS) is 15.0. The lowest BCUT2D eigenvalue weighted by Gasteiger charge is -2.21. The SMILES string of the molecule is CC1(C)c2ccccc2-c2ccc(C=CCC(=O)O)cc21. The summed E-state index contributed by atoms with van der Waals surface area (Å²) < 4.78 is 0. The Morgan fingerprint density at radius 2 is 1.81 bits per heavy atom. The van der Waals surface area contributed by atoms with Gasteiger partial charge in [0.1, 0.15) is 0 Å². The van der Waals surface area contributed by atoms with Crippen LogP contribution in [0.3, 0.4) is 0 Å². The molecule has 1 N–H and O–H groups in total. The van der Waals surface area contributed by atoms with E-state index in [2.05, 4.69) is 56.3 Å². The zero-order chi connectivity index (χ0) is 15.0. The number of carboxylic acids is 1. The van der Waals surface area contributed by atoms with E-state index in [9.17, 15) is 4.79 Å². The van der Waals surface area contributed by atoms with Crippen molar-refractivity contribution in [1.82, 2.24) is 0 Å². The van der Waals surface area contributed by atoms with Crippen molar-refractivity contribution < 1.29 is 9.90 Å². The van der Waals surface area contributed by atoms with Crippen molar-refractivity contribution in [2.75, 3.05) is 0 Å². The predicted molar refractivity (Wildman–Crippen MR) is 85.3 cm³/mol. The Kier molecular flexibility index (Phi) is 3.17. The fraction of sp³-hybridized carbons (Fsp3) is 0.211. The lowest BCUT2D eigenvalue weighted by molar-refractivity contribution is -0.135. The maximum atomic E-state index is 10.6. The first-order valence-corrected chi connectivity index (χ1v) is 7.13. The molecule has 2 aromatic rings. The third-order valence-corrected chi connectivity index (χ3v) is 4.21.